The van der Waals surface area contributed by atoms with E-state index in [1.165, 1.54) is 59.5 Å². The molecule has 2 aliphatic rings. The Labute approximate surface area is 445 Å². The van der Waals surface area contributed by atoms with E-state index in [9.17, 15) is 0 Å². The summed E-state index contributed by atoms with van der Waals surface area (Å²) in [5, 5.41) is 6.81. The summed E-state index contributed by atoms with van der Waals surface area (Å²) in [6, 6.07) is 79.3. The maximum atomic E-state index is 15.1. The van der Waals surface area contributed by atoms with Crippen molar-refractivity contribution in [3.05, 3.63) is 258 Å². The molecule has 0 atom stereocenters. The van der Waals surface area contributed by atoms with E-state index in [0.29, 0.717) is 0 Å². The van der Waals surface area contributed by atoms with Gasteiger partial charge in [-0.2, -0.15) is 0 Å². The van der Waals surface area contributed by atoms with Gasteiger partial charge < -0.3 is 14.4 Å². The smallest absolute Gasteiger partial charge is 0.123 e. The minimum atomic E-state index is -1.02. The van der Waals surface area contributed by atoms with Gasteiger partial charge in [0, 0.05) is 44.3 Å². The molecule has 0 amide bonds. The number of nitrogens with zero attached hydrogens (tertiary/aromatic N) is 3. The molecule has 11 aromatic carbocycles. The van der Waals surface area contributed by atoms with E-state index < -0.39 is 25.5 Å². The van der Waals surface area contributed by atoms with E-state index in [0.717, 1.165) is 66.9 Å². The van der Waals surface area contributed by atoms with Crippen molar-refractivity contribution in [2.45, 2.75) is 15.2 Å². The van der Waals surface area contributed by atoms with Crippen molar-refractivity contribution in [1.82, 2.24) is 4.57 Å². The lowest BCUT2D eigenvalue weighted by Gasteiger charge is -2.40. The van der Waals surface area contributed by atoms with Gasteiger partial charge >= 0.3 is 0 Å². The molecule has 372 valence electrons. The Morgan fingerprint density at radius 1 is 0.355 bits per heavy atom. The monoisotopic (exact) mass is 1030 g/mol. The van der Waals surface area contributed by atoms with Crippen LogP contribution in [0, 0.1) is 11.6 Å². The highest BCUT2D eigenvalue weighted by Gasteiger charge is 2.53. The highest BCUT2D eigenvalue weighted by molar-refractivity contribution is 8.32. The first-order valence-electron chi connectivity index (χ1n) is 25.7. The number of aromatic nitrogens is 1. The topological polar surface area (TPSA) is 11.4 Å². The number of benzene rings is 11. The molecule has 0 N–H and O–H groups in total. The minimum absolute atomic E-state index is 0.283. The van der Waals surface area contributed by atoms with E-state index >= 15 is 8.78 Å². The maximum absolute atomic E-state index is 15.1. The van der Waals surface area contributed by atoms with Crippen LogP contribution >= 0.6 is 20.1 Å². The van der Waals surface area contributed by atoms with E-state index in [4.69, 9.17) is 0 Å². The molecule has 14 rings (SSSR count). The van der Waals surface area contributed by atoms with E-state index in [2.05, 4.69) is 228 Å². The molecular formula is C69H55F2N3S2. The van der Waals surface area contributed by atoms with Gasteiger partial charge in [0.1, 0.15) is 11.6 Å². The molecule has 1 spiro atoms. The Hall–Kier alpha value is -8.10. The Kier molecular flexibility index (Phi) is 10.4. The fourth-order valence-corrected chi connectivity index (χ4v) is 14.6. The molecule has 2 heterocycles. The molecule has 0 bridgehead atoms. The quantitative estimate of drug-likeness (QED) is 0.150. The number of fused-ring (bicyclic) bond motifs is 16. The first-order chi connectivity index (χ1) is 36.8. The summed E-state index contributed by atoms with van der Waals surface area (Å²) >= 11 is 0. The van der Waals surface area contributed by atoms with Crippen LogP contribution in [0.3, 0.4) is 0 Å². The average molecular weight is 1030 g/mol. The maximum Gasteiger partial charge on any atom is 0.123 e. The predicted octanol–water partition coefficient (Wildman–Crippen LogP) is 19.1. The van der Waals surface area contributed by atoms with Crippen LogP contribution in [0.4, 0.5) is 42.9 Å². The van der Waals surface area contributed by atoms with Crippen LogP contribution in [0.2, 0.25) is 0 Å². The van der Waals surface area contributed by atoms with Crippen molar-refractivity contribution >= 4 is 97.5 Å². The molecule has 76 heavy (non-hydrogen) atoms. The Morgan fingerprint density at radius 3 is 1.21 bits per heavy atom. The van der Waals surface area contributed by atoms with E-state index in [-0.39, 0.29) is 11.6 Å². The van der Waals surface area contributed by atoms with Crippen molar-refractivity contribution in [1.29, 1.82) is 0 Å². The highest BCUT2D eigenvalue weighted by Crippen LogP contribution is 2.66. The third kappa shape index (κ3) is 6.81. The number of hydrogen-bond donors (Lipinski definition) is 0. The van der Waals surface area contributed by atoms with Gasteiger partial charge in [-0.3, -0.25) is 0 Å². The molecule has 1 aliphatic carbocycles. The summed E-state index contributed by atoms with van der Waals surface area (Å²) in [5.74, 6) is -0.566. The van der Waals surface area contributed by atoms with Crippen molar-refractivity contribution in [2.75, 3.05) is 47.3 Å². The molecule has 0 unspecified atom stereocenters. The molecule has 12 aromatic rings. The second kappa shape index (κ2) is 17.0. The van der Waals surface area contributed by atoms with Gasteiger partial charge in [-0.05, 0) is 213 Å². The zero-order valence-electron chi connectivity index (χ0n) is 43.3. The second-order valence-corrected chi connectivity index (χ2v) is 30.1. The van der Waals surface area contributed by atoms with Crippen molar-refractivity contribution in [3.8, 4) is 16.8 Å². The lowest BCUT2D eigenvalue weighted by atomic mass is 9.65. The molecular weight excluding hydrogens is 973 g/mol. The van der Waals surface area contributed by atoms with Gasteiger partial charge in [0.2, 0.25) is 0 Å². The van der Waals surface area contributed by atoms with Gasteiger partial charge in [0.25, 0.3) is 0 Å². The largest absolute Gasteiger partial charge is 0.310 e. The third-order valence-electron chi connectivity index (χ3n) is 16.0. The minimum Gasteiger partial charge on any atom is -0.310 e. The summed E-state index contributed by atoms with van der Waals surface area (Å²) in [6.45, 7) is 0. The number of para-hydroxylation sites is 3. The summed E-state index contributed by atoms with van der Waals surface area (Å²) in [6.07, 6.45) is 13.9. The lowest BCUT2D eigenvalue weighted by molar-refractivity contribution is 0.627. The van der Waals surface area contributed by atoms with Gasteiger partial charge in [-0.15, -0.1) is 0 Å². The van der Waals surface area contributed by atoms with Gasteiger partial charge in [0.15, 0.2) is 0 Å². The van der Waals surface area contributed by atoms with Gasteiger partial charge in [0.05, 0.1) is 33.5 Å². The van der Waals surface area contributed by atoms with Crippen molar-refractivity contribution in [2.24, 2.45) is 0 Å². The van der Waals surface area contributed by atoms with Crippen LogP contribution in [0.15, 0.2) is 234 Å². The first kappa shape index (κ1) is 46.4. The van der Waals surface area contributed by atoms with Crippen LogP contribution in [0.5, 0.6) is 0 Å². The number of anilines is 6. The molecule has 0 saturated carbocycles. The zero-order valence-corrected chi connectivity index (χ0v) is 44.9. The fraction of sp³-hybridized carbons (Fsp3) is 0.101. The van der Waals surface area contributed by atoms with Crippen molar-refractivity contribution < 1.29 is 8.78 Å². The Balaban J connectivity index is 1.17. The second-order valence-electron chi connectivity index (χ2n) is 21.8. The fourth-order valence-electron chi connectivity index (χ4n) is 12.7. The predicted molar refractivity (Wildman–Crippen MR) is 323 cm³/mol. The van der Waals surface area contributed by atoms with Crippen molar-refractivity contribution in [3.63, 3.8) is 0 Å². The molecule has 3 nitrogen and oxygen atoms in total. The Morgan fingerprint density at radius 2 is 0.737 bits per heavy atom. The summed E-state index contributed by atoms with van der Waals surface area (Å²) < 4.78 is 32.7. The Bertz CT molecular complexity index is 4120. The van der Waals surface area contributed by atoms with Crippen LogP contribution in [0.1, 0.15) is 22.3 Å². The summed E-state index contributed by atoms with van der Waals surface area (Å²) in [5.41, 5.74) is 15.4. The van der Waals surface area contributed by atoms with Gasteiger partial charge in [-0.25, -0.2) is 28.8 Å². The SMILES string of the molecule is CS(C)(C)c1ccc(N(c2ccc(F)cc2)c2cc3c(c4ccccc24)-c2c(cc(N(c4ccc(F)cc4)c4ccc(S(C)(C)C)cc4)c4ccccc24)C32c3ccccc3-n3c4ccccc4c4cccc2c43)cc1. The molecule has 0 radical (unpaired) electrons. The number of hydrogen-bond acceptors (Lipinski definition) is 2. The van der Waals surface area contributed by atoms with Crippen LogP contribution < -0.4 is 9.80 Å². The number of halogens is 2. The molecule has 7 heteroatoms. The summed E-state index contributed by atoms with van der Waals surface area (Å²) in [7, 11) is -2.03. The molecule has 1 aromatic heterocycles. The van der Waals surface area contributed by atoms with Crippen LogP contribution in [-0.4, -0.2) is 42.1 Å². The highest BCUT2D eigenvalue weighted by atomic mass is 32.3. The van der Waals surface area contributed by atoms with Crippen LogP contribution in [0.25, 0.3) is 60.2 Å². The third-order valence-corrected chi connectivity index (χ3v) is 19.4. The average Bonchev–Trinajstić information content (AvgIpc) is 3.98. The molecule has 0 fully saturated rings. The molecule has 1 aliphatic heterocycles. The van der Waals surface area contributed by atoms with E-state index in [1.54, 1.807) is 24.3 Å². The standard InChI is InChI=1S/C69H55F2N3S2/c1-75(2,3)50-38-34-48(35-39-50)72(46-30-26-44(70)27-31-46)64-42-60-66(55-19-9-7-16-52(55)64)67-56-20-10-8-17-53(56)65(73(47-32-28-45(71)29-33-47)49-36-40-51(41-37-49)76(4,5)6)43-61(67)69(60)58-22-12-14-25-63(58)74-62-24-13-11-18-54(62)57-21-15-23-59(69)68(57)74/h7-43H,1-6H3. The number of rotatable bonds is 8. The first-order valence-corrected chi connectivity index (χ1v) is 31.5. The molecule has 0 saturated heterocycles. The lowest BCUT2D eigenvalue weighted by Crippen LogP contribution is -2.34. The normalized spacial score (nSPS) is 13.8. The summed E-state index contributed by atoms with van der Waals surface area (Å²) in [4.78, 5) is 7.29. The van der Waals surface area contributed by atoms with Gasteiger partial charge in [-0.1, -0.05) is 103 Å². The zero-order chi connectivity index (χ0) is 51.8. The van der Waals surface area contributed by atoms with Crippen LogP contribution in [-0.2, 0) is 5.41 Å². The van der Waals surface area contributed by atoms with E-state index in [1.807, 2.05) is 24.3 Å².